The first-order chi connectivity index (χ1) is 9.83. The molecule has 0 amide bonds. The van der Waals surface area contributed by atoms with Crippen LogP contribution in [0.3, 0.4) is 0 Å². The Hall–Kier alpha value is -1.48. The molecule has 1 aromatic carbocycles. The number of allylic oxidation sites excluding steroid dienone is 1. The van der Waals surface area contributed by atoms with Crippen LogP contribution in [0.25, 0.3) is 0 Å². The summed E-state index contributed by atoms with van der Waals surface area (Å²) in [5.41, 5.74) is 2.30. The van der Waals surface area contributed by atoms with Crippen LogP contribution in [0.5, 0.6) is 11.5 Å². The van der Waals surface area contributed by atoms with Crippen molar-refractivity contribution < 1.29 is 14.6 Å². The smallest absolute Gasteiger partial charge is 0.161 e. The van der Waals surface area contributed by atoms with Crippen LogP contribution in [0.1, 0.15) is 50.2 Å². The molecule has 0 aromatic heterocycles. The molecule has 0 bridgehead atoms. The molecule has 1 aromatic rings. The average Bonchev–Trinajstić information content (AvgIpc) is 2.72. The standard InChI is InChI=1S/C17H22O3/c18-15(11-13-5-2-1-3-6-13)14-7-8-16-17(12-14)20-10-4-9-19-16/h5,7-8,12,15,18H,1-4,6,9-11H2. The highest BCUT2D eigenvalue weighted by atomic mass is 16.5. The second-order valence-corrected chi connectivity index (χ2v) is 5.58. The predicted molar refractivity (Wildman–Crippen MR) is 78.2 cm³/mol. The SMILES string of the molecule is OC(CC1=CCCCC1)c1ccc2c(c1)OCCCO2. The molecule has 1 unspecified atom stereocenters. The van der Waals surface area contributed by atoms with Crippen molar-refractivity contribution in [3.63, 3.8) is 0 Å². The van der Waals surface area contributed by atoms with Gasteiger partial charge in [-0.1, -0.05) is 17.7 Å². The zero-order valence-corrected chi connectivity index (χ0v) is 11.8. The van der Waals surface area contributed by atoms with Crippen LogP contribution in [0.4, 0.5) is 0 Å². The number of hydrogen-bond acceptors (Lipinski definition) is 3. The lowest BCUT2D eigenvalue weighted by molar-refractivity contribution is 0.176. The van der Waals surface area contributed by atoms with E-state index in [2.05, 4.69) is 6.08 Å². The Morgan fingerprint density at radius 3 is 2.70 bits per heavy atom. The minimum absolute atomic E-state index is 0.448. The molecule has 20 heavy (non-hydrogen) atoms. The summed E-state index contributed by atoms with van der Waals surface area (Å²) < 4.78 is 11.3. The lowest BCUT2D eigenvalue weighted by Crippen LogP contribution is -2.02. The molecule has 1 aliphatic heterocycles. The summed E-state index contributed by atoms with van der Waals surface area (Å²) in [5.74, 6) is 1.55. The monoisotopic (exact) mass is 274 g/mol. The normalized spacial score (nSPS) is 19.9. The lowest BCUT2D eigenvalue weighted by Gasteiger charge is -2.18. The van der Waals surface area contributed by atoms with E-state index in [1.807, 2.05) is 18.2 Å². The number of ether oxygens (including phenoxy) is 2. The van der Waals surface area contributed by atoms with Gasteiger partial charge in [-0.3, -0.25) is 0 Å². The Kier molecular flexibility index (Phi) is 4.26. The van der Waals surface area contributed by atoms with Gasteiger partial charge in [-0.15, -0.1) is 0 Å². The molecule has 0 radical (unpaired) electrons. The van der Waals surface area contributed by atoms with E-state index in [0.29, 0.717) is 13.2 Å². The maximum absolute atomic E-state index is 10.4. The van der Waals surface area contributed by atoms with Crippen LogP contribution in [-0.2, 0) is 0 Å². The van der Waals surface area contributed by atoms with Gasteiger partial charge in [-0.05, 0) is 49.8 Å². The lowest BCUT2D eigenvalue weighted by atomic mass is 9.93. The van der Waals surface area contributed by atoms with Gasteiger partial charge < -0.3 is 14.6 Å². The Balaban J connectivity index is 1.72. The summed E-state index contributed by atoms with van der Waals surface area (Å²) in [6.45, 7) is 1.37. The molecular weight excluding hydrogens is 252 g/mol. The van der Waals surface area contributed by atoms with Crippen molar-refractivity contribution in [2.45, 2.75) is 44.6 Å². The molecule has 0 saturated carbocycles. The number of aliphatic hydroxyl groups is 1. The van der Waals surface area contributed by atoms with Crippen molar-refractivity contribution >= 4 is 0 Å². The quantitative estimate of drug-likeness (QED) is 0.853. The first-order valence-electron chi connectivity index (χ1n) is 7.58. The third kappa shape index (κ3) is 3.15. The van der Waals surface area contributed by atoms with Crippen molar-refractivity contribution in [3.05, 3.63) is 35.4 Å². The van der Waals surface area contributed by atoms with Gasteiger partial charge in [-0.25, -0.2) is 0 Å². The van der Waals surface area contributed by atoms with E-state index in [1.54, 1.807) is 0 Å². The van der Waals surface area contributed by atoms with Gasteiger partial charge in [0.2, 0.25) is 0 Å². The maximum Gasteiger partial charge on any atom is 0.161 e. The van der Waals surface area contributed by atoms with Gasteiger partial charge in [0.1, 0.15) is 0 Å². The van der Waals surface area contributed by atoms with Crippen molar-refractivity contribution in [3.8, 4) is 11.5 Å². The molecule has 1 atom stereocenters. The maximum atomic E-state index is 10.4. The topological polar surface area (TPSA) is 38.7 Å². The van der Waals surface area contributed by atoms with E-state index in [1.165, 1.54) is 18.4 Å². The summed E-state index contributed by atoms with van der Waals surface area (Å²) in [6.07, 6.45) is 8.29. The zero-order chi connectivity index (χ0) is 13.8. The summed E-state index contributed by atoms with van der Waals surface area (Å²) in [6, 6.07) is 5.78. The van der Waals surface area contributed by atoms with E-state index in [9.17, 15) is 5.11 Å². The van der Waals surface area contributed by atoms with Crippen molar-refractivity contribution in [1.82, 2.24) is 0 Å². The second-order valence-electron chi connectivity index (χ2n) is 5.58. The Morgan fingerprint density at radius 2 is 1.90 bits per heavy atom. The Labute approximate surface area is 120 Å². The van der Waals surface area contributed by atoms with Crippen LogP contribution in [0.15, 0.2) is 29.8 Å². The van der Waals surface area contributed by atoms with Crippen molar-refractivity contribution in [1.29, 1.82) is 0 Å². The fourth-order valence-electron chi connectivity index (χ4n) is 2.84. The Bertz CT molecular complexity index is 493. The van der Waals surface area contributed by atoms with Crippen LogP contribution in [0.2, 0.25) is 0 Å². The molecule has 1 N–H and O–H groups in total. The molecule has 0 fully saturated rings. The third-order valence-corrected chi connectivity index (χ3v) is 4.00. The molecule has 3 heteroatoms. The highest BCUT2D eigenvalue weighted by molar-refractivity contribution is 5.44. The van der Waals surface area contributed by atoms with E-state index in [-0.39, 0.29) is 0 Å². The van der Waals surface area contributed by atoms with Crippen LogP contribution in [0, 0.1) is 0 Å². The van der Waals surface area contributed by atoms with Crippen LogP contribution < -0.4 is 9.47 Å². The summed E-state index contributed by atoms with van der Waals surface area (Å²) in [5, 5.41) is 10.4. The molecule has 3 nitrogen and oxygen atoms in total. The van der Waals surface area contributed by atoms with E-state index in [0.717, 1.165) is 42.7 Å². The van der Waals surface area contributed by atoms with Crippen molar-refractivity contribution in [2.75, 3.05) is 13.2 Å². The number of fused-ring (bicyclic) bond motifs is 1. The van der Waals surface area contributed by atoms with Crippen LogP contribution in [-0.4, -0.2) is 18.3 Å². The minimum atomic E-state index is -0.448. The average molecular weight is 274 g/mol. The molecule has 108 valence electrons. The number of benzene rings is 1. The van der Waals surface area contributed by atoms with E-state index in [4.69, 9.17) is 9.47 Å². The van der Waals surface area contributed by atoms with Crippen molar-refractivity contribution in [2.24, 2.45) is 0 Å². The van der Waals surface area contributed by atoms with Gasteiger partial charge in [0.05, 0.1) is 19.3 Å². The molecule has 1 aliphatic carbocycles. The van der Waals surface area contributed by atoms with E-state index < -0.39 is 6.10 Å². The highest BCUT2D eigenvalue weighted by Gasteiger charge is 2.16. The molecule has 3 rings (SSSR count). The fraction of sp³-hybridized carbons (Fsp3) is 0.529. The first kappa shape index (κ1) is 13.5. The first-order valence-corrected chi connectivity index (χ1v) is 7.58. The van der Waals surface area contributed by atoms with Gasteiger partial charge in [0, 0.05) is 6.42 Å². The van der Waals surface area contributed by atoms with Gasteiger partial charge in [0.25, 0.3) is 0 Å². The van der Waals surface area contributed by atoms with Crippen LogP contribution >= 0.6 is 0 Å². The van der Waals surface area contributed by atoms with Gasteiger partial charge >= 0.3 is 0 Å². The summed E-state index contributed by atoms with van der Waals surface area (Å²) in [7, 11) is 0. The molecule has 0 spiro atoms. The second kappa shape index (κ2) is 6.31. The largest absolute Gasteiger partial charge is 0.490 e. The molecule has 2 aliphatic rings. The fourth-order valence-corrected chi connectivity index (χ4v) is 2.84. The predicted octanol–water partition coefficient (Wildman–Crippen LogP) is 3.77. The molecule has 1 heterocycles. The number of aliphatic hydroxyl groups excluding tert-OH is 1. The zero-order valence-electron chi connectivity index (χ0n) is 11.8. The summed E-state index contributed by atoms with van der Waals surface area (Å²) in [4.78, 5) is 0. The third-order valence-electron chi connectivity index (χ3n) is 4.00. The molecule has 0 saturated heterocycles. The summed E-state index contributed by atoms with van der Waals surface area (Å²) >= 11 is 0. The Morgan fingerprint density at radius 1 is 1.05 bits per heavy atom. The van der Waals surface area contributed by atoms with Gasteiger partial charge in [-0.2, -0.15) is 0 Å². The highest BCUT2D eigenvalue weighted by Crippen LogP contribution is 2.34. The number of hydrogen-bond donors (Lipinski definition) is 1. The molecular formula is C17H22O3. The minimum Gasteiger partial charge on any atom is -0.490 e. The number of rotatable bonds is 3. The van der Waals surface area contributed by atoms with E-state index >= 15 is 0 Å². The van der Waals surface area contributed by atoms with Gasteiger partial charge in [0.15, 0.2) is 11.5 Å².